The molecule has 2 aliphatic carbocycles. The van der Waals surface area contributed by atoms with Gasteiger partial charge in [0.1, 0.15) is 5.78 Å². The predicted molar refractivity (Wildman–Crippen MR) is 107 cm³/mol. The highest BCUT2D eigenvalue weighted by molar-refractivity contribution is 6.31. The summed E-state index contributed by atoms with van der Waals surface area (Å²) < 4.78 is 6.01. The number of hydrogen-bond acceptors (Lipinski definition) is 4. The smallest absolute Gasteiger partial charge is 0.219 e. The summed E-state index contributed by atoms with van der Waals surface area (Å²) in [4.78, 5) is 26.2. The Labute approximate surface area is 170 Å². The van der Waals surface area contributed by atoms with Gasteiger partial charge in [-0.15, -0.1) is 0 Å². The monoisotopic (exact) mass is 402 g/mol. The van der Waals surface area contributed by atoms with E-state index in [-0.39, 0.29) is 22.7 Å². The van der Waals surface area contributed by atoms with Gasteiger partial charge in [0.25, 0.3) is 0 Å². The van der Waals surface area contributed by atoms with Crippen molar-refractivity contribution in [2.45, 2.75) is 65.1 Å². The number of aliphatic hydroxyl groups is 1. The van der Waals surface area contributed by atoms with Crippen LogP contribution >= 0.6 is 11.6 Å². The fourth-order valence-electron chi connectivity index (χ4n) is 5.44. The zero-order chi connectivity index (χ0) is 20.5. The lowest BCUT2D eigenvalue weighted by Gasteiger charge is -2.53. The van der Waals surface area contributed by atoms with E-state index in [2.05, 4.69) is 0 Å². The Bertz CT molecular complexity index is 898. The van der Waals surface area contributed by atoms with Crippen molar-refractivity contribution in [3.8, 4) is 0 Å². The molecular formula is C23H27ClO4. The van der Waals surface area contributed by atoms with Crippen LogP contribution in [0.5, 0.6) is 0 Å². The van der Waals surface area contributed by atoms with Crippen LogP contribution in [0.2, 0.25) is 5.02 Å². The first-order chi connectivity index (χ1) is 12.9. The molecule has 0 aromatic heterocycles. The molecule has 1 fully saturated rings. The molecule has 0 bridgehead atoms. The Balaban J connectivity index is 1.95. The molecule has 0 radical (unpaired) electrons. The van der Waals surface area contributed by atoms with E-state index in [0.717, 1.165) is 11.1 Å². The summed E-state index contributed by atoms with van der Waals surface area (Å²) in [5.41, 5.74) is 0.951. The number of ether oxygens (including phenoxy) is 1. The molecule has 4 nitrogen and oxygen atoms in total. The Morgan fingerprint density at radius 1 is 1.04 bits per heavy atom. The molecule has 1 saturated carbocycles. The summed E-state index contributed by atoms with van der Waals surface area (Å²) in [6.07, 6.45) is 1.65. The summed E-state index contributed by atoms with van der Waals surface area (Å²) in [7, 11) is 0. The lowest BCUT2D eigenvalue weighted by molar-refractivity contribution is -0.251. The van der Waals surface area contributed by atoms with E-state index in [1.165, 1.54) is 0 Å². The number of fused-ring (bicyclic) bond motifs is 1. The molecule has 0 saturated heterocycles. The molecule has 3 unspecified atom stereocenters. The highest BCUT2D eigenvalue weighted by Gasteiger charge is 2.61. The molecular weight excluding hydrogens is 376 g/mol. The van der Waals surface area contributed by atoms with Crippen LogP contribution < -0.4 is 0 Å². The number of carbonyl (C=O) groups is 2. The van der Waals surface area contributed by atoms with E-state index >= 15 is 0 Å². The van der Waals surface area contributed by atoms with Gasteiger partial charge in [0.15, 0.2) is 11.5 Å². The second-order valence-electron chi connectivity index (χ2n) is 10.2. The van der Waals surface area contributed by atoms with Crippen LogP contribution in [0, 0.1) is 16.7 Å². The molecule has 3 atom stereocenters. The highest BCUT2D eigenvalue weighted by atomic mass is 35.5. The normalized spacial score (nSPS) is 33.8. The van der Waals surface area contributed by atoms with Crippen molar-refractivity contribution >= 4 is 23.2 Å². The fraction of sp³-hybridized carbons (Fsp3) is 0.565. The molecule has 1 aromatic carbocycles. The number of ketones is 2. The number of halogens is 1. The van der Waals surface area contributed by atoms with E-state index in [9.17, 15) is 14.7 Å². The summed E-state index contributed by atoms with van der Waals surface area (Å²) in [5, 5.41) is 12.1. The third-order valence-electron chi connectivity index (χ3n) is 6.30. The zero-order valence-corrected chi connectivity index (χ0v) is 17.6. The molecule has 4 rings (SSSR count). The van der Waals surface area contributed by atoms with Gasteiger partial charge in [-0.05, 0) is 34.5 Å². The number of benzene rings is 1. The van der Waals surface area contributed by atoms with Gasteiger partial charge in [0.05, 0.1) is 5.92 Å². The van der Waals surface area contributed by atoms with Crippen LogP contribution in [0.15, 0.2) is 35.6 Å². The van der Waals surface area contributed by atoms with Crippen molar-refractivity contribution in [2.75, 3.05) is 0 Å². The molecule has 1 aromatic rings. The van der Waals surface area contributed by atoms with Crippen molar-refractivity contribution in [2.24, 2.45) is 16.7 Å². The number of Topliss-reactive ketones (excluding diaryl/α,β-unsaturated/α-hetero) is 2. The fourth-order valence-corrected chi connectivity index (χ4v) is 5.69. The van der Waals surface area contributed by atoms with Crippen LogP contribution in [0.3, 0.4) is 0 Å². The first-order valence-corrected chi connectivity index (χ1v) is 10.3. The number of hydrogen-bond donors (Lipinski definition) is 1. The van der Waals surface area contributed by atoms with Crippen molar-refractivity contribution < 1.29 is 19.4 Å². The van der Waals surface area contributed by atoms with Crippen molar-refractivity contribution in [1.82, 2.24) is 0 Å². The minimum Gasteiger partial charge on any atom is -0.458 e. The lowest BCUT2D eigenvalue weighted by atomic mass is 9.58. The molecule has 5 heteroatoms. The first-order valence-electron chi connectivity index (χ1n) is 9.87. The van der Waals surface area contributed by atoms with Gasteiger partial charge in [0, 0.05) is 30.2 Å². The van der Waals surface area contributed by atoms with Gasteiger partial charge in [-0.3, -0.25) is 9.59 Å². The van der Waals surface area contributed by atoms with Crippen LogP contribution in [0.4, 0.5) is 0 Å². The standard InChI is InChI=1S/C23H27ClO4/c1-21(2)9-14-18(13-7-5-6-8-15(13)24)19-16(25)10-22(3,4)12-23(19,27)28-20(14)17(26)11-21/h5-8,18-19,27H,9-12H2,1-4H3. The SMILES string of the molecule is CC1(C)CC(=O)C2=C(C1)C(c1ccccc1Cl)C1C(=O)CC(C)(C)CC1(O)O2. The summed E-state index contributed by atoms with van der Waals surface area (Å²) in [6, 6.07) is 7.40. The topological polar surface area (TPSA) is 63.6 Å². The van der Waals surface area contributed by atoms with Crippen molar-refractivity contribution in [3.05, 3.63) is 46.2 Å². The van der Waals surface area contributed by atoms with Crippen LogP contribution in [0.1, 0.15) is 64.9 Å². The van der Waals surface area contributed by atoms with Gasteiger partial charge in [-0.1, -0.05) is 57.5 Å². The number of carbonyl (C=O) groups excluding carboxylic acids is 2. The Morgan fingerprint density at radius 2 is 1.71 bits per heavy atom. The van der Waals surface area contributed by atoms with E-state index in [1.807, 2.05) is 45.9 Å². The molecule has 0 amide bonds. The van der Waals surface area contributed by atoms with Crippen LogP contribution in [-0.2, 0) is 14.3 Å². The van der Waals surface area contributed by atoms with Gasteiger partial charge in [0.2, 0.25) is 5.79 Å². The Morgan fingerprint density at radius 3 is 2.39 bits per heavy atom. The lowest BCUT2D eigenvalue weighted by Crippen LogP contribution is -2.58. The second kappa shape index (κ2) is 6.17. The van der Waals surface area contributed by atoms with Crippen molar-refractivity contribution in [3.63, 3.8) is 0 Å². The maximum absolute atomic E-state index is 13.3. The molecule has 0 spiro atoms. The van der Waals surface area contributed by atoms with Crippen LogP contribution in [0.25, 0.3) is 0 Å². The molecule has 1 N–H and O–H groups in total. The minimum atomic E-state index is -1.70. The van der Waals surface area contributed by atoms with E-state index in [0.29, 0.717) is 30.7 Å². The maximum Gasteiger partial charge on any atom is 0.219 e. The van der Waals surface area contributed by atoms with Crippen LogP contribution in [-0.4, -0.2) is 22.5 Å². The summed E-state index contributed by atoms with van der Waals surface area (Å²) >= 11 is 6.54. The highest BCUT2D eigenvalue weighted by Crippen LogP contribution is 2.58. The quantitative estimate of drug-likeness (QED) is 0.733. The minimum absolute atomic E-state index is 0.0361. The number of allylic oxidation sites excluding steroid dienone is 2. The molecule has 3 aliphatic rings. The van der Waals surface area contributed by atoms with Gasteiger partial charge in [-0.25, -0.2) is 0 Å². The maximum atomic E-state index is 13.3. The van der Waals surface area contributed by atoms with E-state index in [4.69, 9.17) is 16.3 Å². The third kappa shape index (κ3) is 3.11. The zero-order valence-electron chi connectivity index (χ0n) is 16.8. The predicted octanol–water partition coefficient (Wildman–Crippen LogP) is 4.79. The third-order valence-corrected chi connectivity index (χ3v) is 6.64. The van der Waals surface area contributed by atoms with Gasteiger partial charge in [-0.2, -0.15) is 0 Å². The Hall–Kier alpha value is -1.65. The van der Waals surface area contributed by atoms with E-state index in [1.54, 1.807) is 6.07 Å². The Kier molecular flexibility index (Phi) is 4.33. The number of rotatable bonds is 1. The molecule has 28 heavy (non-hydrogen) atoms. The molecule has 150 valence electrons. The van der Waals surface area contributed by atoms with Gasteiger partial charge >= 0.3 is 0 Å². The summed E-state index contributed by atoms with van der Waals surface area (Å²) in [6.45, 7) is 7.99. The average molecular weight is 403 g/mol. The van der Waals surface area contributed by atoms with Crippen molar-refractivity contribution in [1.29, 1.82) is 0 Å². The second-order valence-corrected chi connectivity index (χ2v) is 10.6. The largest absolute Gasteiger partial charge is 0.458 e. The first kappa shape index (κ1) is 19.7. The summed E-state index contributed by atoms with van der Waals surface area (Å²) in [5.74, 6) is -2.81. The average Bonchev–Trinajstić information content (AvgIpc) is 2.52. The van der Waals surface area contributed by atoms with Gasteiger partial charge < -0.3 is 9.84 Å². The van der Waals surface area contributed by atoms with E-state index < -0.39 is 23.0 Å². The molecule has 1 heterocycles. The molecule has 1 aliphatic heterocycles.